The second-order valence-corrected chi connectivity index (χ2v) is 5.39. The molecule has 1 unspecified atom stereocenters. The predicted octanol–water partition coefficient (Wildman–Crippen LogP) is 0.801. The molecule has 19 heavy (non-hydrogen) atoms. The van der Waals surface area contributed by atoms with Crippen LogP contribution in [-0.4, -0.2) is 23.6 Å². The van der Waals surface area contributed by atoms with Gasteiger partial charge in [0.15, 0.2) is 0 Å². The zero-order valence-corrected chi connectivity index (χ0v) is 10.5. The second kappa shape index (κ2) is 4.35. The van der Waals surface area contributed by atoms with Gasteiger partial charge in [-0.25, -0.2) is 5.48 Å². The molecule has 2 amide bonds. The maximum atomic E-state index is 12.0. The van der Waals surface area contributed by atoms with Gasteiger partial charge in [0.25, 0.3) is 5.91 Å². The molecule has 1 spiro atoms. The van der Waals surface area contributed by atoms with Crippen molar-refractivity contribution in [2.45, 2.75) is 25.7 Å². The van der Waals surface area contributed by atoms with Crippen LogP contribution >= 0.6 is 0 Å². The summed E-state index contributed by atoms with van der Waals surface area (Å²) in [6, 6.07) is 5.39. The van der Waals surface area contributed by atoms with Gasteiger partial charge >= 0.3 is 0 Å². The van der Waals surface area contributed by atoms with E-state index in [1.165, 1.54) is 0 Å². The number of benzene rings is 1. The molecule has 1 aliphatic carbocycles. The van der Waals surface area contributed by atoms with E-state index in [2.05, 4.69) is 5.32 Å². The first-order chi connectivity index (χ1) is 9.14. The molecule has 1 saturated heterocycles. The lowest BCUT2D eigenvalue weighted by molar-refractivity contribution is -0.128. The Bertz CT molecular complexity index is 556. The van der Waals surface area contributed by atoms with Crippen molar-refractivity contribution in [1.29, 1.82) is 0 Å². The van der Waals surface area contributed by atoms with Gasteiger partial charge in [0, 0.05) is 12.1 Å². The molecule has 1 fully saturated rings. The van der Waals surface area contributed by atoms with E-state index in [1.54, 1.807) is 17.6 Å². The molecule has 2 aliphatic rings. The van der Waals surface area contributed by atoms with Crippen molar-refractivity contribution in [1.82, 2.24) is 10.8 Å². The smallest absolute Gasteiger partial charge is 0.274 e. The first-order valence-electron chi connectivity index (χ1n) is 6.49. The number of aryl methyl sites for hydroxylation is 1. The Morgan fingerprint density at radius 1 is 1.32 bits per heavy atom. The third-order valence-corrected chi connectivity index (χ3v) is 4.34. The maximum absolute atomic E-state index is 12.0. The SMILES string of the molecule is O=C(NO)c1ccc2c(c1)CCC1(CCNC1=O)C2. The summed E-state index contributed by atoms with van der Waals surface area (Å²) in [5.41, 5.74) is 4.09. The maximum Gasteiger partial charge on any atom is 0.274 e. The van der Waals surface area contributed by atoms with Gasteiger partial charge in [-0.1, -0.05) is 6.07 Å². The molecule has 0 saturated carbocycles. The van der Waals surface area contributed by atoms with E-state index in [0.717, 1.165) is 43.4 Å². The summed E-state index contributed by atoms with van der Waals surface area (Å²) in [4.78, 5) is 23.3. The summed E-state index contributed by atoms with van der Waals surface area (Å²) < 4.78 is 0. The zero-order valence-electron chi connectivity index (χ0n) is 10.5. The number of hydroxylamine groups is 1. The van der Waals surface area contributed by atoms with Gasteiger partial charge in [-0.05, 0) is 48.9 Å². The fourth-order valence-corrected chi connectivity index (χ4v) is 3.19. The summed E-state index contributed by atoms with van der Waals surface area (Å²) in [5.74, 6) is -0.336. The van der Waals surface area contributed by atoms with E-state index >= 15 is 0 Å². The highest BCUT2D eigenvalue weighted by atomic mass is 16.5. The minimum atomic E-state index is -0.498. The standard InChI is InChI=1S/C14H16N2O3/c17-12(16-19)10-1-2-11-8-14(4-3-9(11)7-10)5-6-15-13(14)18/h1-2,7,19H,3-6,8H2,(H,15,18)(H,16,17). The minimum Gasteiger partial charge on any atom is -0.356 e. The molecule has 3 rings (SSSR count). The first kappa shape index (κ1) is 12.2. The Labute approximate surface area is 111 Å². The Morgan fingerprint density at radius 2 is 2.16 bits per heavy atom. The number of hydrogen-bond donors (Lipinski definition) is 3. The quantitative estimate of drug-likeness (QED) is 0.516. The average molecular weight is 260 g/mol. The van der Waals surface area contributed by atoms with Crippen molar-refractivity contribution in [3.05, 3.63) is 34.9 Å². The Morgan fingerprint density at radius 3 is 2.84 bits per heavy atom. The Kier molecular flexibility index (Phi) is 2.78. The number of nitrogens with one attached hydrogen (secondary N) is 2. The molecule has 0 radical (unpaired) electrons. The molecule has 0 bridgehead atoms. The molecular formula is C14H16N2O3. The molecule has 3 N–H and O–H groups in total. The highest BCUT2D eigenvalue weighted by molar-refractivity contribution is 5.93. The van der Waals surface area contributed by atoms with Crippen LogP contribution in [-0.2, 0) is 17.6 Å². The lowest BCUT2D eigenvalue weighted by Crippen LogP contribution is -2.36. The number of carbonyl (C=O) groups excluding carboxylic acids is 2. The van der Waals surface area contributed by atoms with Crippen LogP contribution in [0.2, 0.25) is 0 Å². The fraction of sp³-hybridized carbons (Fsp3) is 0.429. The average Bonchev–Trinajstić information content (AvgIpc) is 2.78. The second-order valence-electron chi connectivity index (χ2n) is 5.39. The van der Waals surface area contributed by atoms with Crippen molar-refractivity contribution >= 4 is 11.8 Å². The van der Waals surface area contributed by atoms with Crippen LogP contribution in [0.25, 0.3) is 0 Å². The normalized spacial score (nSPS) is 25.0. The topological polar surface area (TPSA) is 78.4 Å². The van der Waals surface area contributed by atoms with E-state index in [-0.39, 0.29) is 11.3 Å². The van der Waals surface area contributed by atoms with Crippen molar-refractivity contribution < 1.29 is 14.8 Å². The molecule has 1 aliphatic heterocycles. The largest absolute Gasteiger partial charge is 0.356 e. The molecule has 1 aromatic carbocycles. The van der Waals surface area contributed by atoms with Gasteiger partial charge in [-0.2, -0.15) is 0 Å². The van der Waals surface area contributed by atoms with Gasteiger partial charge in [0.05, 0.1) is 5.41 Å². The third kappa shape index (κ3) is 1.90. The van der Waals surface area contributed by atoms with Gasteiger partial charge < -0.3 is 5.32 Å². The summed E-state index contributed by atoms with van der Waals surface area (Å²) >= 11 is 0. The van der Waals surface area contributed by atoms with Crippen molar-refractivity contribution in [2.24, 2.45) is 5.41 Å². The Hall–Kier alpha value is -1.88. The van der Waals surface area contributed by atoms with Crippen molar-refractivity contribution in [3.8, 4) is 0 Å². The number of carbonyl (C=O) groups is 2. The Balaban J connectivity index is 1.91. The molecular weight excluding hydrogens is 244 g/mol. The van der Waals surface area contributed by atoms with Gasteiger partial charge in [0.1, 0.15) is 0 Å². The van der Waals surface area contributed by atoms with Crippen LogP contribution in [0.5, 0.6) is 0 Å². The van der Waals surface area contributed by atoms with Gasteiger partial charge in [-0.15, -0.1) is 0 Å². The van der Waals surface area contributed by atoms with E-state index in [4.69, 9.17) is 5.21 Å². The van der Waals surface area contributed by atoms with Crippen LogP contribution in [0.15, 0.2) is 18.2 Å². The zero-order chi connectivity index (χ0) is 13.5. The van der Waals surface area contributed by atoms with Crippen molar-refractivity contribution in [2.75, 3.05) is 6.54 Å². The third-order valence-electron chi connectivity index (χ3n) is 4.34. The first-order valence-corrected chi connectivity index (χ1v) is 6.49. The van der Waals surface area contributed by atoms with Crippen LogP contribution < -0.4 is 10.8 Å². The van der Waals surface area contributed by atoms with Crippen molar-refractivity contribution in [3.63, 3.8) is 0 Å². The summed E-state index contributed by atoms with van der Waals surface area (Å²) in [6.07, 6.45) is 3.27. The summed E-state index contributed by atoms with van der Waals surface area (Å²) in [5, 5.41) is 11.6. The minimum absolute atomic E-state index is 0.162. The van der Waals surface area contributed by atoms with E-state index in [1.807, 2.05) is 6.07 Å². The van der Waals surface area contributed by atoms with Crippen LogP contribution in [0.1, 0.15) is 34.3 Å². The molecule has 5 heteroatoms. The summed E-state index contributed by atoms with van der Waals surface area (Å²) in [6.45, 7) is 0.763. The highest BCUT2D eigenvalue weighted by Crippen LogP contribution is 2.41. The van der Waals surface area contributed by atoms with Gasteiger partial charge in [0.2, 0.25) is 5.91 Å². The number of amides is 2. The van der Waals surface area contributed by atoms with E-state index < -0.39 is 5.91 Å². The van der Waals surface area contributed by atoms with E-state index in [0.29, 0.717) is 5.56 Å². The molecule has 100 valence electrons. The lowest BCUT2D eigenvalue weighted by atomic mass is 9.70. The summed E-state index contributed by atoms with van der Waals surface area (Å²) in [7, 11) is 0. The highest BCUT2D eigenvalue weighted by Gasteiger charge is 2.44. The molecule has 1 atom stereocenters. The van der Waals surface area contributed by atoms with Crippen LogP contribution in [0.3, 0.4) is 0 Å². The number of fused-ring (bicyclic) bond motifs is 1. The lowest BCUT2D eigenvalue weighted by Gasteiger charge is -2.32. The molecule has 1 heterocycles. The van der Waals surface area contributed by atoms with Gasteiger partial charge in [-0.3, -0.25) is 14.8 Å². The molecule has 0 aromatic heterocycles. The van der Waals surface area contributed by atoms with Crippen LogP contribution in [0, 0.1) is 5.41 Å². The molecule has 1 aromatic rings. The number of hydrogen-bond acceptors (Lipinski definition) is 3. The monoisotopic (exact) mass is 260 g/mol. The fourth-order valence-electron chi connectivity index (χ4n) is 3.19. The van der Waals surface area contributed by atoms with Crippen LogP contribution in [0.4, 0.5) is 0 Å². The predicted molar refractivity (Wildman–Crippen MR) is 67.8 cm³/mol. The molecule has 5 nitrogen and oxygen atoms in total. The number of rotatable bonds is 1. The van der Waals surface area contributed by atoms with E-state index in [9.17, 15) is 9.59 Å².